The summed E-state index contributed by atoms with van der Waals surface area (Å²) in [6, 6.07) is 0. The van der Waals surface area contributed by atoms with E-state index < -0.39 is 5.97 Å². The first-order valence-electron chi connectivity index (χ1n) is 4.00. The predicted molar refractivity (Wildman–Crippen MR) is 42.7 cm³/mol. The summed E-state index contributed by atoms with van der Waals surface area (Å²) in [5, 5.41) is 8.83. The van der Waals surface area contributed by atoms with Crippen molar-refractivity contribution in [3.05, 3.63) is 23.8 Å². The van der Waals surface area contributed by atoms with Gasteiger partial charge in [-0.05, 0) is 12.5 Å². The van der Waals surface area contributed by atoms with Gasteiger partial charge in [0.1, 0.15) is 0 Å². The summed E-state index contributed by atoms with van der Waals surface area (Å²) >= 11 is 0. The number of aliphatic carboxylic acids is 1. The molecule has 0 radical (unpaired) electrons. The first-order chi connectivity index (χ1) is 5.79. The molecule has 0 bridgehead atoms. The second-order valence-corrected chi connectivity index (χ2v) is 3.03. The molecule has 2 aliphatic rings. The van der Waals surface area contributed by atoms with Crippen molar-refractivity contribution < 1.29 is 14.6 Å². The molecule has 0 amide bonds. The highest BCUT2D eigenvalue weighted by molar-refractivity contribution is 5.87. The van der Waals surface area contributed by atoms with E-state index in [9.17, 15) is 4.79 Å². The minimum Gasteiger partial charge on any atom is -0.478 e. The molecule has 1 aliphatic carbocycles. The molecule has 64 valence electrons. The Morgan fingerprint density at radius 1 is 1.67 bits per heavy atom. The van der Waals surface area contributed by atoms with Crippen LogP contribution in [0.5, 0.6) is 0 Å². The van der Waals surface area contributed by atoms with Gasteiger partial charge in [-0.15, -0.1) is 0 Å². The Labute approximate surface area is 70.3 Å². The number of carbonyl (C=O) groups is 1. The molecule has 2 atom stereocenters. The van der Waals surface area contributed by atoms with E-state index in [1.807, 2.05) is 12.2 Å². The van der Waals surface area contributed by atoms with Crippen LogP contribution in [0.3, 0.4) is 0 Å². The summed E-state index contributed by atoms with van der Waals surface area (Å²) in [7, 11) is 0. The topological polar surface area (TPSA) is 46.5 Å². The quantitative estimate of drug-likeness (QED) is 0.590. The third kappa shape index (κ3) is 1.06. The molecule has 3 nitrogen and oxygen atoms in total. The average molecular weight is 166 g/mol. The van der Waals surface area contributed by atoms with Gasteiger partial charge in [0.2, 0.25) is 0 Å². The Balaban J connectivity index is 2.24. The van der Waals surface area contributed by atoms with E-state index in [1.165, 1.54) is 0 Å². The van der Waals surface area contributed by atoms with Gasteiger partial charge in [-0.3, -0.25) is 0 Å². The van der Waals surface area contributed by atoms with Crippen LogP contribution < -0.4 is 0 Å². The van der Waals surface area contributed by atoms with E-state index in [2.05, 4.69) is 0 Å². The molecular formula is C9H10O3. The van der Waals surface area contributed by atoms with Crippen LogP contribution in [0.15, 0.2) is 23.8 Å². The number of rotatable bonds is 1. The molecule has 0 aromatic heterocycles. The normalized spacial score (nSPS) is 32.8. The van der Waals surface area contributed by atoms with Crippen molar-refractivity contribution >= 4 is 5.97 Å². The monoisotopic (exact) mass is 166 g/mol. The van der Waals surface area contributed by atoms with Crippen molar-refractivity contribution in [2.75, 3.05) is 6.61 Å². The Morgan fingerprint density at radius 3 is 3.25 bits per heavy atom. The number of carboxylic acid groups (broad SMARTS) is 1. The van der Waals surface area contributed by atoms with Crippen molar-refractivity contribution in [2.45, 2.75) is 12.5 Å². The molecule has 0 fully saturated rings. The first kappa shape index (κ1) is 7.55. The Morgan fingerprint density at radius 2 is 2.50 bits per heavy atom. The van der Waals surface area contributed by atoms with Gasteiger partial charge < -0.3 is 9.84 Å². The molecule has 1 aliphatic heterocycles. The van der Waals surface area contributed by atoms with Crippen LogP contribution in [0.25, 0.3) is 0 Å². The zero-order chi connectivity index (χ0) is 8.55. The van der Waals surface area contributed by atoms with Crippen LogP contribution in [0.2, 0.25) is 0 Å². The van der Waals surface area contributed by atoms with Crippen LogP contribution in [0, 0.1) is 5.92 Å². The standard InChI is InChI=1S/C9H10O3/c10-9(11)7-4-5-12-8-3-1-2-6(7)8/h1,3-4,6,8H,2,5H2,(H,10,11). The Kier molecular flexibility index (Phi) is 1.73. The summed E-state index contributed by atoms with van der Waals surface area (Å²) in [6.07, 6.45) is 6.39. The molecule has 2 rings (SSSR count). The van der Waals surface area contributed by atoms with Crippen molar-refractivity contribution in [1.82, 2.24) is 0 Å². The smallest absolute Gasteiger partial charge is 0.331 e. The third-order valence-corrected chi connectivity index (χ3v) is 2.35. The molecule has 2 unspecified atom stereocenters. The van der Waals surface area contributed by atoms with Crippen LogP contribution in [0.1, 0.15) is 6.42 Å². The van der Waals surface area contributed by atoms with Gasteiger partial charge >= 0.3 is 5.97 Å². The highest BCUT2D eigenvalue weighted by atomic mass is 16.5. The van der Waals surface area contributed by atoms with Crippen LogP contribution in [-0.4, -0.2) is 23.8 Å². The van der Waals surface area contributed by atoms with E-state index in [0.717, 1.165) is 6.42 Å². The fourth-order valence-corrected chi connectivity index (χ4v) is 1.75. The lowest BCUT2D eigenvalue weighted by atomic mass is 9.93. The predicted octanol–water partition coefficient (Wildman–Crippen LogP) is 0.972. The largest absolute Gasteiger partial charge is 0.478 e. The molecule has 1 heterocycles. The SMILES string of the molecule is O=C(O)C1=CCOC2C=CCC12. The van der Waals surface area contributed by atoms with E-state index in [0.29, 0.717) is 12.2 Å². The zero-order valence-corrected chi connectivity index (χ0v) is 6.56. The molecular weight excluding hydrogens is 156 g/mol. The number of fused-ring (bicyclic) bond motifs is 1. The van der Waals surface area contributed by atoms with Gasteiger partial charge in [-0.1, -0.05) is 12.2 Å². The highest BCUT2D eigenvalue weighted by Gasteiger charge is 2.32. The van der Waals surface area contributed by atoms with Crippen LogP contribution >= 0.6 is 0 Å². The Hall–Kier alpha value is -1.09. The zero-order valence-electron chi connectivity index (χ0n) is 6.56. The maximum Gasteiger partial charge on any atom is 0.331 e. The lowest BCUT2D eigenvalue weighted by Crippen LogP contribution is -2.28. The van der Waals surface area contributed by atoms with Crippen molar-refractivity contribution in [2.24, 2.45) is 5.92 Å². The summed E-state index contributed by atoms with van der Waals surface area (Å²) in [4.78, 5) is 10.7. The minimum atomic E-state index is -0.808. The summed E-state index contributed by atoms with van der Waals surface area (Å²) < 4.78 is 5.36. The number of hydrogen-bond donors (Lipinski definition) is 1. The number of hydrogen-bond acceptors (Lipinski definition) is 2. The number of carboxylic acids is 1. The molecule has 0 saturated carbocycles. The lowest BCUT2D eigenvalue weighted by Gasteiger charge is -2.24. The number of allylic oxidation sites excluding steroid dienone is 1. The number of ether oxygens (including phenoxy) is 1. The van der Waals surface area contributed by atoms with Crippen molar-refractivity contribution in [1.29, 1.82) is 0 Å². The molecule has 1 N–H and O–H groups in total. The first-order valence-corrected chi connectivity index (χ1v) is 4.00. The maximum absolute atomic E-state index is 10.7. The van der Waals surface area contributed by atoms with E-state index in [-0.39, 0.29) is 12.0 Å². The molecule has 0 saturated heterocycles. The average Bonchev–Trinajstić information content (AvgIpc) is 2.49. The fourth-order valence-electron chi connectivity index (χ4n) is 1.75. The molecule has 0 aromatic rings. The van der Waals surface area contributed by atoms with Crippen LogP contribution in [0.4, 0.5) is 0 Å². The Bertz CT molecular complexity index is 265. The van der Waals surface area contributed by atoms with Crippen molar-refractivity contribution in [3.8, 4) is 0 Å². The lowest BCUT2D eigenvalue weighted by molar-refractivity contribution is -0.134. The molecule has 3 heteroatoms. The van der Waals surface area contributed by atoms with E-state index >= 15 is 0 Å². The second-order valence-electron chi connectivity index (χ2n) is 3.03. The third-order valence-electron chi connectivity index (χ3n) is 2.35. The highest BCUT2D eigenvalue weighted by Crippen LogP contribution is 2.31. The molecule has 0 spiro atoms. The van der Waals surface area contributed by atoms with Gasteiger partial charge in [-0.2, -0.15) is 0 Å². The van der Waals surface area contributed by atoms with E-state index in [4.69, 9.17) is 9.84 Å². The molecule has 12 heavy (non-hydrogen) atoms. The van der Waals surface area contributed by atoms with Gasteiger partial charge in [0.05, 0.1) is 12.7 Å². The summed E-state index contributed by atoms with van der Waals surface area (Å²) in [5.41, 5.74) is 0.510. The van der Waals surface area contributed by atoms with Gasteiger partial charge in [0.25, 0.3) is 0 Å². The van der Waals surface area contributed by atoms with Crippen LogP contribution in [-0.2, 0) is 9.53 Å². The minimum absolute atomic E-state index is 0.00102. The maximum atomic E-state index is 10.7. The second kappa shape index (κ2) is 2.75. The molecule has 0 aromatic carbocycles. The van der Waals surface area contributed by atoms with Gasteiger partial charge in [-0.25, -0.2) is 4.79 Å². The van der Waals surface area contributed by atoms with E-state index in [1.54, 1.807) is 6.08 Å². The summed E-state index contributed by atoms with van der Waals surface area (Å²) in [5.74, 6) is -0.756. The summed E-state index contributed by atoms with van der Waals surface area (Å²) in [6.45, 7) is 0.424. The van der Waals surface area contributed by atoms with Gasteiger partial charge in [0.15, 0.2) is 0 Å². The fraction of sp³-hybridized carbons (Fsp3) is 0.444. The van der Waals surface area contributed by atoms with Gasteiger partial charge in [0, 0.05) is 11.5 Å². The van der Waals surface area contributed by atoms with Crippen molar-refractivity contribution in [3.63, 3.8) is 0 Å².